The molecule has 2 heteroatoms. The van der Waals surface area contributed by atoms with E-state index in [0.717, 1.165) is 22.1 Å². The number of benzene rings is 2. The average molecular weight is 254 g/mol. The number of hydrogen-bond donors (Lipinski definition) is 1. The van der Waals surface area contributed by atoms with Crippen molar-refractivity contribution in [2.45, 2.75) is 26.4 Å². The first kappa shape index (κ1) is 13.5. The van der Waals surface area contributed by atoms with Crippen molar-refractivity contribution in [1.82, 2.24) is 0 Å². The summed E-state index contributed by atoms with van der Waals surface area (Å²) in [4.78, 5) is 0. The fourth-order valence-electron chi connectivity index (χ4n) is 1.87. The summed E-state index contributed by atoms with van der Waals surface area (Å²) in [6.45, 7) is 4.14. The molecule has 0 atom stereocenters. The summed E-state index contributed by atoms with van der Waals surface area (Å²) in [5.74, 6) is 6.86. The lowest BCUT2D eigenvalue weighted by Gasteiger charge is -2.10. The lowest BCUT2D eigenvalue weighted by Crippen LogP contribution is -2.05. The van der Waals surface area contributed by atoms with Crippen LogP contribution < -0.4 is 4.74 Å². The van der Waals surface area contributed by atoms with Crippen LogP contribution in [-0.4, -0.2) is 17.8 Å². The Labute approximate surface area is 114 Å². The van der Waals surface area contributed by atoms with E-state index in [1.807, 2.05) is 44.2 Å². The molecule has 0 spiro atoms. The van der Waals surface area contributed by atoms with Gasteiger partial charge in [0.2, 0.25) is 0 Å². The standard InChI is InChI=1S/C17H18O2/c1-13(2)19-17-9-8-15-11-14(5-3-4-10-18)6-7-16(15)12-17/h6-9,11-13,18H,4,10H2,1-2H3. The fraction of sp³-hybridized carbons (Fsp3) is 0.294. The van der Waals surface area contributed by atoms with Gasteiger partial charge in [0.05, 0.1) is 12.7 Å². The van der Waals surface area contributed by atoms with E-state index in [-0.39, 0.29) is 12.7 Å². The number of fused-ring (bicyclic) bond motifs is 1. The highest BCUT2D eigenvalue weighted by molar-refractivity contribution is 5.85. The molecule has 0 heterocycles. The predicted octanol–water partition coefficient (Wildman–Crippen LogP) is 3.36. The second-order valence-electron chi connectivity index (χ2n) is 4.67. The zero-order valence-electron chi connectivity index (χ0n) is 11.3. The third-order valence-corrected chi connectivity index (χ3v) is 2.65. The molecule has 0 unspecified atom stereocenters. The molecule has 19 heavy (non-hydrogen) atoms. The highest BCUT2D eigenvalue weighted by Crippen LogP contribution is 2.22. The first-order valence-electron chi connectivity index (χ1n) is 6.49. The molecule has 98 valence electrons. The van der Waals surface area contributed by atoms with Crippen LogP contribution in [0.1, 0.15) is 25.8 Å². The van der Waals surface area contributed by atoms with Gasteiger partial charge in [0.25, 0.3) is 0 Å². The maximum Gasteiger partial charge on any atom is 0.120 e. The molecule has 0 amide bonds. The largest absolute Gasteiger partial charge is 0.491 e. The summed E-state index contributed by atoms with van der Waals surface area (Å²) in [6.07, 6.45) is 0.695. The third-order valence-electron chi connectivity index (χ3n) is 2.65. The molecule has 2 aromatic rings. The Bertz CT molecular complexity index is 618. The molecule has 0 aliphatic carbocycles. The summed E-state index contributed by atoms with van der Waals surface area (Å²) in [7, 11) is 0. The van der Waals surface area contributed by atoms with Crippen molar-refractivity contribution in [1.29, 1.82) is 0 Å². The zero-order valence-corrected chi connectivity index (χ0v) is 11.3. The molecule has 0 saturated carbocycles. The van der Waals surface area contributed by atoms with Crippen molar-refractivity contribution >= 4 is 10.8 Å². The van der Waals surface area contributed by atoms with Crippen LogP contribution >= 0.6 is 0 Å². The third kappa shape index (κ3) is 3.74. The zero-order chi connectivity index (χ0) is 13.7. The van der Waals surface area contributed by atoms with Crippen LogP contribution in [0.5, 0.6) is 5.75 Å². The van der Waals surface area contributed by atoms with Gasteiger partial charge in [0.1, 0.15) is 5.75 Å². The summed E-state index contributed by atoms with van der Waals surface area (Å²) >= 11 is 0. The molecule has 1 N–H and O–H groups in total. The molecule has 2 aromatic carbocycles. The van der Waals surface area contributed by atoms with Gasteiger partial charge in [-0.25, -0.2) is 0 Å². The first-order chi connectivity index (χ1) is 9.19. The van der Waals surface area contributed by atoms with Crippen LogP contribution in [0.4, 0.5) is 0 Å². The van der Waals surface area contributed by atoms with Crippen molar-refractivity contribution in [3.63, 3.8) is 0 Å². The molecule has 0 aliphatic heterocycles. The van der Waals surface area contributed by atoms with E-state index in [9.17, 15) is 0 Å². The number of aliphatic hydroxyl groups is 1. The van der Waals surface area contributed by atoms with E-state index < -0.39 is 0 Å². The van der Waals surface area contributed by atoms with E-state index in [4.69, 9.17) is 9.84 Å². The average Bonchev–Trinajstić information content (AvgIpc) is 2.38. The van der Waals surface area contributed by atoms with Gasteiger partial charge in [0.15, 0.2) is 0 Å². The Balaban J connectivity index is 2.28. The Kier molecular flexibility index (Phi) is 4.43. The Hall–Kier alpha value is -1.98. The van der Waals surface area contributed by atoms with Gasteiger partial charge in [-0.1, -0.05) is 24.0 Å². The Morgan fingerprint density at radius 3 is 2.58 bits per heavy atom. The summed E-state index contributed by atoms with van der Waals surface area (Å²) in [5.41, 5.74) is 0.971. The van der Waals surface area contributed by atoms with Crippen molar-refractivity contribution in [3.8, 4) is 17.6 Å². The van der Waals surface area contributed by atoms with Crippen molar-refractivity contribution in [2.75, 3.05) is 6.61 Å². The molecule has 0 aliphatic rings. The lowest BCUT2D eigenvalue weighted by atomic mass is 10.1. The number of aliphatic hydroxyl groups excluding tert-OH is 1. The lowest BCUT2D eigenvalue weighted by molar-refractivity contribution is 0.243. The minimum atomic E-state index is 0.108. The molecule has 2 nitrogen and oxygen atoms in total. The number of hydrogen-bond acceptors (Lipinski definition) is 2. The van der Waals surface area contributed by atoms with Crippen LogP contribution in [-0.2, 0) is 0 Å². The molecular formula is C17H18O2. The van der Waals surface area contributed by atoms with E-state index in [1.54, 1.807) is 0 Å². The van der Waals surface area contributed by atoms with Crippen LogP contribution in [0.3, 0.4) is 0 Å². The molecular weight excluding hydrogens is 236 g/mol. The summed E-state index contributed by atoms with van der Waals surface area (Å²) in [6, 6.07) is 12.2. The van der Waals surface area contributed by atoms with Crippen LogP contribution in [0.25, 0.3) is 10.8 Å². The van der Waals surface area contributed by atoms with E-state index in [1.165, 1.54) is 0 Å². The van der Waals surface area contributed by atoms with Crippen molar-refractivity contribution in [3.05, 3.63) is 42.0 Å². The second kappa shape index (κ2) is 6.26. The summed E-state index contributed by atoms with van der Waals surface area (Å²) in [5, 5.41) is 11.0. The monoisotopic (exact) mass is 254 g/mol. The highest BCUT2D eigenvalue weighted by Gasteiger charge is 2.00. The maximum absolute atomic E-state index is 8.70. The van der Waals surface area contributed by atoms with E-state index in [2.05, 4.69) is 17.9 Å². The predicted molar refractivity (Wildman–Crippen MR) is 78.3 cm³/mol. The normalized spacial score (nSPS) is 10.3. The van der Waals surface area contributed by atoms with Gasteiger partial charge < -0.3 is 9.84 Å². The van der Waals surface area contributed by atoms with Gasteiger partial charge in [-0.3, -0.25) is 0 Å². The highest BCUT2D eigenvalue weighted by atomic mass is 16.5. The molecule has 0 fully saturated rings. The van der Waals surface area contributed by atoms with E-state index in [0.29, 0.717) is 6.42 Å². The number of rotatable bonds is 3. The van der Waals surface area contributed by atoms with Crippen LogP contribution in [0.2, 0.25) is 0 Å². The maximum atomic E-state index is 8.70. The molecule has 0 bridgehead atoms. The van der Waals surface area contributed by atoms with Gasteiger partial charge in [-0.15, -0.1) is 0 Å². The van der Waals surface area contributed by atoms with Crippen molar-refractivity contribution < 1.29 is 9.84 Å². The second-order valence-corrected chi connectivity index (χ2v) is 4.67. The van der Waals surface area contributed by atoms with Crippen LogP contribution in [0.15, 0.2) is 36.4 Å². The molecule has 0 aromatic heterocycles. The van der Waals surface area contributed by atoms with Crippen LogP contribution in [0, 0.1) is 11.8 Å². The number of ether oxygens (including phenoxy) is 1. The molecule has 0 saturated heterocycles. The smallest absolute Gasteiger partial charge is 0.120 e. The summed E-state index contributed by atoms with van der Waals surface area (Å²) < 4.78 is 5.68. The van der Waals surface area contributed by atoms with Gasteiger partial charge in [0, 0.05) is 12.0 Å². The van der Waals surface area contributed by atoms with Crippen molar-refractivity contribution in [2.24, 2.45) is 0 Å². The Morgan fingerprint density at radius 1 is 1.11 bits per heavy atom. The molecule has 2 rings (SSSR count). The SMILES string of the molecule is CC(C)Oc1ccc2cc(C#CCCO)ccc2c1. The fourth-order valence-corrected chi connectivity index (χ4v) is 1.87. The topological polar surface area (TPSA) is 29.5 Å². The molecule has 0 radical (unpaired) electrons. The van der Waals surface area contributed by atoms with Gasteiger partial charge >= 0.3 is 0 Å². The Morgan fingerprint density at radius 2 is 1.84 bits per heavy atom. The van der Waals surface area contributed by atoms with Gasteiger partial charge in [-0.2, -0.15) is 0 Å². The first-order valence-corrected chi connectivity index (χ1v) is 6.49. The van der Waals surface area contributed by atoms with Gasteiger partial charge in [-0.05, 0) is 48.9 Å². The minimum absolute atomic E-state index is 0.108. The minimum Gasteiger partial charge on any atom is -0.491 e. The van der Waals surface area contributed by atoms with E-state index >= 15 is 0 Å². The quantitative estimate of drug-likeness (QED) is 0.851.